The summed E-state index contributed by atoms with van der Waals surface area (Å²) in [6, 6.07) is 0. The first-order chi connectivity index (χ1) is 9.56. The van der Waals surface area contributed by atoms with E-state index < -0.39 is 6.10 Å². The van der Waals surface area contributed by atoms with Crippen LogP contribution in [0.4, 0.5) is 0 Å². The summed E-state index contributed by atoms with van der Waals surface area (Å²) in [5, 5.41) is 10.3. The van der Waals surface area contributed by atoms with Gasteiger partial charge in [0.05, 0.1) is 6.10 Å². The van der Waals surface area contributed by atoms with Gasteiger partial charge in [-0.3, -0.25) is 4.79 Å². The number of ether oxygens (including phenoxy) is 1. The van der Waals surface area contributed by atoms with E-state index in [0.717, 1.165) is 6.42 Å². The minimum atomic E-state index is -0.423. The molecule has 0 amide bonds. The monoisotopic (exact) mass is 311 g/mol. The van der Waals surface area contributed by atoms with Gasteiger partial charge in [-0.15, -0.1) is 0 Å². The average molecular weight is 311 g/mol. The van der Waals surface area contributed by atoms with E-state index in [0.29, 0.717) is 0 Å². The lowest BCUT2D eigenvalue weighted by molar-refractivity contribution is -0.152. The van der Waals surface area contributed by atoms with Crippen molar-refractivity contribution in [3.05, 3.63) is 0 Å². The number of aliphatic hydroxyl groups is 1. The van der Waals surface area contributed by atoms with Crippen LogP contribution in [0.3, 0.4) is 0 Å². The quantitative estimate of drug-likeness (QED) is 0.581. The zero-order chi connectivity index (χ0) is 17.9. The summed E-state index contributed by atoms with van der Waals surface area (Å²) in [6.07, 6.45) is 0.107. The number of esters is 1. The first-order valence-electron chi connectivity index (χ1n) is 8.27. The Morgan fingerprint density at radius 2 is 1.55 bits per heavy atom. The van der Waals surface area contributed by atoms with E-state index >= 15 is 0 Å². The lowest BCUT2D eigenvalue weighted by Crippen LogP contribution is -2.41. The maximum atomic E-state index is 11.4. The average Bonchev–Trinajstić information content (AvgIpc) is 2.20. The summed E-state index contributed by atoms with van der Waals surface area (Å²) in [7, 11) is 2.14. The van der Waals surface area contributed by atoms with Crippen molar-refractivity contribution in [3.8, 4) is 0 Å². The predicted molar refractivity (Wildman–Crippen MR) is 94.3 cm³/mol. The van der Waals surface area contributed by atoms with E-state index in [1.807, 2.05) is 13.8 Å². The molecule has 0 heterocycles. The fourth-order valence-electron chi connectivity index (χ4n) is 2.97. The second-order valence-electron chi connectivity index (χ2n) is 9.52. The normalized spacial score (nSPS) is 17.6. The summed E-state index contributed by atoms with van der Waals surface area (Å²) in [5.41, 5.74) is -0.0697. The van der Waals surface area contributed by atoms with E-state index in [1.165, 1.54) is 6.92 Å². The van der Waals surface area contributed by atoms with Crippen molar-refractivity contribution in [1.29, 1.82) is 0 Å². The van der Waals surface area contributed by atoms with E-state index in [1.54, 1.807) is 0 Å². The highest BCUT2D eigenvalue weighted by Crippen LogP contribution is 2.41. The first kappa shape index (κ1) is 21.5. The highest BCUT2D eigenvalue weighted by atomic mass is 16.5. The Hall–Kier alpha value is -0.505. The van der Waals surface area contributed by atoms with Gasteiger partial charge in [-0.1, -0.05) is 62.3 Å². The smallest absolute Gasteiger partial charge is 0.302 e. The van der Waals surface area contributed by atoms with Crippen molar-refractivity contribution in [1.82, 2.24) is 0 Å². The number of rotatable bonds is 6. The molecular formula is C18H36BO3. The summed E-state index contributed by atoms with van der Waals surface area (Å²) in [6.45, 7) is 20.2. The standard InChI is InChI=1S/C18H36BO3/c1-12(15(17(6,7)8)22-13(2)20)19-18(9,10)14(21)11-16(3,4)5/h12,14-15,21H,11H2,1-10H3. The van der Waals surface area contributed by atoms with Gasteiger partial charge < -0.3 is 9.84 Å². The molecule has 0 bridgehead atoms. The highest BCUT2D eigenvalue weighted by molar-refractivity contribution is 6.42. The fourth-order valence-corrected chi connectivity index (χ4v) is 2.97. The number of hydrogen-bond donors (Lipinski definition) is 1. The van der Waals surface area contributed by atoms with Crippen LogP contribution in [0.2, 0.25) is 11.1 Å². The van der Waals surface area contributed by atoms with Crippen LogP contribution in [0.1, 0.15) is 75.7 Å². The van der Waals surface area contributed by atoms with E-state index in [4.69, 9.17) is 4.74 Å². The summed E-state index contributed by atoms with van der Waals surface area (Å²) < 4.78 is 5.55. The molecule has 4 heteroatoms. The molecule has 0 saturated carbocycles. The molecule has 129 valence electrons. The third-order valence-electron chi connectivity index (χ3n) is 3.98. The molecule has 1 radical (unpaired) electrons. The predicted octanol–water partition coefficient (Wildman–Crippen LogP) is 4.47. The van der Waals surface area contributed by atoms with Crippen LogP contribution in [-0.4, -0.2) is 30.6 Å². The number of carbonyl (C=O) groups is 1. The largest absolute Gasteiger partial charge is 0.462 e. The summed E-state index contributed by atoms with van der Waals surface area (Å²) >= 11 is 0. The highest BCUT2D eigenvalue weighted by Gasteiger charge is 2.39. The van der Waals surface area contributed by atoms with Crippen molar-refractivity contribution in [2.45, 2.75) is 99.0 Å². The molecule has 0 spiro atoms. The molecule has 0 aliphatic rings. The number of hydrogen-bond acceptors (Lipinski definition) is 3. The molecule has 0 aliphatic heterocycles. The van der Waals surface area contributed by atoms with Crippen molar-refractivity contribution in [3.63, 3.8) is 0 Å². The molecule has 0 aliphatic carbocycles. The Morgan fingerprint density at radius 1 is 1.09 bits per heavy atom. The molecule has 3 unspecified atom stereocenters. The molecule has 1 N–H and O–H groups in total. The minimum absolute atomic E-state index is 0.0634. The van der Waals surface area contributed by atoms with Gasteiger partial charge in [0.1, 0.15) is 13.4 Å². The van der Waals surface area contributed by atoms with Gasteiger partial charge in [-0.05, 0) is 28.4 Å². The Kier molecular flexibility index (Phi) is 7.21. The second kappa shape index (κ2) is 7.38. The van der Waals surface area contributed by atoms with Crippen LogP contribution in [-0.2, 0) is 9.53 Å². The van der Waals surface area contributed by atoms with Crippen molar-refractivity contribution < 1.29 is 14.6 Å². The fraction of sp³-hybridized carbons (Fsp3) is 0.944. The van der Waals surface area contributed by atoms with Gasteiger partial charge in [-0.2, -0.15) is 0 Å². The number of aliphatic hydroxyl groups excluding tert-OH is 1. The van der Waals surface area contributed by atoms with E-state index in [9.17, 15) is 9.90 Å². The lowest BCUT2D eigenvalue weighted by atomic mass is 9.42. The van der Waals surface area contributed by atoms with E-state index in [-0.39, 0.29) is 34.0 Å². The van der Waals surface area contributed by atoms with Gasteiger partial charge in [0, 0.05) is 6.92 Å². The maximum Gasteiger partial charge on any atom is 0.302 e. The lowest BCUT2D eigenvalue weighted by Gasteiger charge is -2.40. The molecule has 0 aromatic carbocycles. The second-order valence-corrected chi connectivity index (χ2v) is 9.52. The summed E-state index contributed by atoms with van der Waals surface area (Å²) in [5.74, 6) is -0.193. The molecule has 3 nitrogen and oxygen atoms in total. The molecule has 22 heavy (non-hydrogen) atoms. The molecular weight excluding hydrogens is 275 g/mol. The Labute approximate surface area is 138 Å². The molecule has 0 fully saturated rings. The minimum Gasteiger partial charge on any atom is -0.462 e. The maximum absolute atomic E-state index is 11.4. The van der Waals surface area contributed by atoms with Crippen molar-refractivity contribution in [2.24, 2.45) is 10.8 Å². The van der Waals surface area contributed by atoms with Crippen LogP contribution in [0.5, 0.6) is 0 Å². The van der Waals surface area contributed by atoms with Crippen LogP contribution in [0.25, 0.3) is 0 Å². The van der Waals surface area contributed by atoms with Crippen LogP contribution >= 0.6 is 0 Å². The van der Waals surface area contributed by atoms with Gasteiger partial charge in [0.25, 0.3) is 0 Å². The van der Waals surface area contributed by atoms with Crippen LogP contribution < -0.4 is 0 Å². The van der Waals surface area contributed by atoms with Gasteiger partial charge in [-0.25, -0.2) is 0 Å². The number of carbonyl (C=O) groups excluding carboxylic acids is 1. The SMILES string of the molecule is CC(=O)OC(C(C)[B]C(C)(C)C(O)CC(C)(C)C)C(C)(C)C. The molecule has 0 aromatic rings. The Balaban J connectivity index is 5.03. The van der Waals surface area contributed by atoms with Crippen LogP contribution in [0.15, 0.2) is 0 Å². The third-order valence-corrected chi connectivity index (χ3v) is 3.98. The Morgan fingerprint density at radius 3 is 1.86 bits per heavy atom. The molecule has 0 aromatic heterocycles. The zero-order valence-corrected chi connectivity index (χ0v) is 16.3. The Bertz CT molecular complexity index is 364. The first-order valence-corrected chi connectivity index (χ1v) is 8.27. The van der Waals surface area contributed by atoms with Crippen molar-refractivity contribution in [2.75, 3.05) is 0 Å². The van der Waals surface area contributed by atoms with E-state index in [2.05, 4.69) is 55.7 Å². The zero-order valence-electron chi connectivity index (χ0n) is 16.3. The van der Waals surface area contributed by atoms with Gasteiger partial charge in [0.15, 0.2) is 0 Å². The van der Waals surface area contributed by atoms with Gasteiger partial charge in [0.2, 0.25) is 0 Å². The van der Waals surface area contributed by atoms with Gasteiger partial charge >= 0.3 is 5.97 Å². The summed E-state index contributed by atoms with van der Waals surface area (Å²) in [4.78, 5) is 11.4. The molecule has 0 rings (SSSR count). The third kappa shape index (κ3) is 7.67. The molecule has 3 atom stereocenters. The molecule has 0 saturated heterocycles. The van der Waals surface area contributed by atoms with Crippen LogP contribution in [0, 0.1) is 10.8 Å². The van der Waals surface area contributed by atoms with Crippen molar-refractivity contribution >= 4 is 13.2 Å². The topological polar surface area (TPSA) is 46.5 Å².